The van der Waals surface area contributed by atoms with E-state index in [4.69, 9.17) is 16.7 Å². The number of primary amides is 1. The highest BCUT2D eigenvalue weighted by Gasteiger charge is 2.19. The van der Waals surface area contributed by atoms with Gasteiger partial charge in [0.2, 0.25) is 0 Å². The number of nitriles is 1. The number of hydrogen-bond acceptors (Lipinski definition) is 5. The Morgan fingerprint density at radius 1 is 1.57 bits per heavy atom. The van der Waals surface area contributed by atoms with Gasteiger partial charge in [-0.25, -0.2) is 0 Å². The molecule has 0 aromatic carbocycles. The summed E-state index contributed by atoms with van der Waals surface area (Å²) >= 11 is 1.13. The molecule has 0 aliphatic carbocycles. The van der Waals surface area contributed by atoms with Gasteiger partial charge >= 0.3 is 0 Å². The number of carbonyl (C=O) groups excluding carboxylic acids is 1. The van der Waals surface area contributed by atoms with E-state index in [0.717, 1.165) is 11.3 Å². The molecule has 0 aliphatic rings. The minimum Gasteiger partial charge on any atom is -0.396 e. The Hall–Kier alpha value is -1.74. The van der Waals surface area contributed by atoms with Crippen LogP contribution in [0.2, 0.25) is 0 Å². The molecular weight excluding hydrogens is 200 g/mol. The van der Waals surface area contributed by atoms with Crippen LogP contribution in [0, 0.1) is 11.3 Å². The summed E-state index contributed by atoms with van der Waals surface area (Å²) < 4.78 is 0. The lowest BCUT2D eigenvalue weighted by atomic mass is 10.2. The molecule has 5 nitrogen and oxygen atoms in total. The fraction of sp³-hybridized carbons (Fsp3) is 0.250. The molecule has 74 valence electrons. The number of rotatable bonds is 2. The molecule has 0 radical (unpaired) electrons. The highest BCUT2D eigenvalue weighted by Crippen LogP contribution is 2.36. The molecule has 1 heterocycles. The van der Waals surface area contributed by atoms with Crippen molar-refractivity contribution in [3.05, 3.63) is 10.4 Å². The Bertz CT molecular complexity index is 416. The second kappa shape index (κ2) is 3.55. The number of nitrogen functional groups attached to an aromatic ring is 1. The quantitative estimate of drug-likeness (QED) is 0.736. The molecule has 0 unspecified atom stereocenters. The van der Waals surface area contributed by atoms with Gasteiger partial charge in [-0.2, -0.15) is 5.26 Å². The molecule has 4 N–H and O–H groups in total. The maximum absolute atomic E-state index is 11.0. The van der Waals surface area contributed by atoms with Crippen molar-refractivity contribution in [2.75, 3.05) is 24.7 Å². The second-order valence-corrected chi connectivity index (χ2v) is 3.89. The van der Waals surface area contributed by atoms with Gasteiger partial charge in [0.05, 0.1) is 5.69 Å². The molecule has 1 rings (SSSR count). The molecule has 0 atom stereocenters. The smallest absolute Gasteiger partial charge is 0.261 e. The predicted molar refractivity (Wildman–Crippen MR) is 56.3 cm³/mol. The molecule has 14 heavy (non-hydrogen) atoms. The van der Waals surface area contributed by atoms with Crippen LogP contribution in [0.3, 0.4) is 0 Å². The van der Waals surface area contributed by atoms with Crippen molar-refractivity contribution >= 4 is 27.9 Å². The van der Waals surface area contributed by atoms with Gasteiger partial charge in [0.25, 0.3) is 5.91 Å². The van der Waals surface area contributed by atoms with Gasteiger partial charge in [0.15, 0.2) is 0 Å². The molecular formula is C8H10N4OS. The third-order valence-electron chi connectivity index (χ3n) is 1.67. The van der Waals surface area contributed by atoms with Crippen LogP contribution in [-0.2, 0) is 0 Å². The van der Waals surface area contributed by atoms with Crippen LogP contribution in [0.25, 0.3) is 0 Å². The van der Waals surface area contributed by atoms with Crippen LogP contribution in [0.15, 0.2) is 0 Å². The van der Waals surface area contributed by atoms with Crippen LogP contribution in [0.5, 0.6) is 0 Å². The molecule has 1 amide bonds. The summed E-state index contributed by atoms with van der Waals surface area (Å²) in [7, 11) is 3.55. The van der Waals surface area contributed by atoms with Crippen LogP contribution in [0.4, 0.5) is 10.7 Å². The Labute approximate surface area is 85.5 Å². The lowest BCUT2D eigenvalue weighted by Crippen LogP contribution is -2.10. The minimum atomic E-state index is -0.600. The molecule has 0 saturated carbocycles. The summed E-state index contributed by atoms with van der Waals surface area (Å²) in [5, 5.41) is 9.49. The SMILES string of the molecule is CN(C)c1sc(C(N)=O)c(N)c1C#N. The maximum Gasteiger partial charge on any atom is 0.261 e. The summed E-state index contributed by atoms with van der Waals surface area (Å²) in [6.07, 6.45) is 0. The third-order valence-corrected chi connectivity index (χ3v) is 3.06. The number of nitrogens with zero attached hydrogens (tertiary/aromatic N) is 2. The molecule has 0 bridgehead atoms. The van der Waals surface area contributed by atoms with E-state index in [2.05, 4.69) is 0 Å². The van der Waals surface area contributed by atoms with E-state index in [1.54, 1.807) is 19.0 Å². The van der Waals surface area contributed by atoms with E-state index in [9.17, 15) is 4.79 Å². The minimum absolute atomic E-state index is 0.175. The fourth-order valence-electron chi connectivity index (χ4n) is 1.04. The second-order valence-electron chi connectivity index (χ2n) is 2.90. The lowest BCUT2D eigenvalue weighted by molar-refractivity contribution is 0.100. The molecule has 0 spiro atoms. The fourth-order valence-corrected chi connectivity index (χ4v) is 1.98. The first kappa shape index (κ1) is 10.3. The Balaban J connectivity index is 3.41. The first-order valence-corrected chi connectivity index (χ1v) is 4.60. The van der Waals surface area contributed by atoms with Crippen molar-refractivity contribution in [1.82, 2.24) is 0 Å². The monoisotopic (exact) mass is 210 g/mol. The first-order valence-electron chi connectivity index (χ1n) is 3.78. The number of anilines is 2. The molecule has 1 aromatic rings. The molecule has 1 aromatic heterocycles. The summed E-state index contributed by atoms with van der Waals surface area (Å²) in [4.78, 5) is 12.9. The zero-order valence-corrected chi connectivity index (χ0v) is 8.68. The predicted octanol–water partition coefficient (Wildman–Crippen LogP) is 0.367. The lowest BCUT2D eigenvalue weighted by Gasteiger charge is -2.08. The van der Waals surface area contributed by atoms with E-state index < -0.39 is 5.91 Å². The number of amides is 1. The first-order chi connectivity index (χ1) is 6.49. The standard InChI is InChI=1S/C8H10N4OS/c1-12(2)8-4(3-9)5(10)6(14-8)7(11)13/h10H2,1-2H3,(H2,11,13). The highest BCUT2D eigenvalue weighted by atomic mass is 32.1. The zero-order chi connectivity index (χ0) is 10.9. The molecule has 6 heteroatoms. The third kappa shape index (κ3) is 1.49. The molecule has 0 saturated heterocycles. The van der Waals surface area contributed by atoms with Gasteiger partial charge in [-0.05, 0) is 0 Å². The van der Waals surface area contributed by atoms with Gasteiger partial charge in [-0.1, -0.05) is 0 Å². The van der Waals surface area contributed by atoms with Crippen molar-refractivity contribution in [3.63, 3.8) is 0 Å². The zero-order valence-electron chi connectivity index (χ0n) is 7.87. The van der Waals surface area contributed by atoms with Gasteiger partial charge in [0.1, 0.15) is 21.5 Å². The average Bonchev–Trinajstić information content (AvgIpc) is 2.42. The summed E-state index contributed by atoms with van der Waals surface area (Å²) in [6.45, 7) is 0. The van der Waals surface area contributed by atoms with Gasteiger partial charge in [0, 0.05) is 14.1 Å². The Morgan fingerprint density at radius 2 is 2.14 bits per heavy atom. The van der Waals surface area contributed by atoms with E-state index in [1.165, 1.54) is 0 Å². The molecule has 0 aliphatic heterocycles. The van der Waals surface area contributed by atoms with Crippen LogP contribution >= 0.6 is 11.3 Å². The van der Waals surface area contributed by atoms with E-state index in [0.29, 0.717) is 10.6 Å². The largest absolute Gasteiger partial charge is 0.396 e. The van der Waals surface area contributed by atoms with Crippen molar-refractivity contribution in [2.45, 2.75) is 0 Å². The van der Waals surface area contributed by atoms with Crippen molar-refractivity contribution in [1.29, 1.82) is 5.26 Å². The van der Waals surface area contributed by atoms with Crippen LogP contribution < -0.4 is 16.4 Å². The van der Waals surface area contributed by atoms with E-state index in [1.807, 2.05) is 6.07 Å². The van der Waals surface area contributed by atoms with Crippen LogP contribution in [-0.4, -0.2) is 20.0 Å². The van der Waals surface area contributed by atoms with Crippen molar-refractivity contribution in [2.24, 2.45) is 5.73 Å². The summed E-state index contributed by atoms with van der Waals surface area (Å²) in [5.41, 5.74) is 11.2. The summed E-state index contributed by atoms with van der Waals surface area (Å²) in [5.74, 6) is -0.600. The maximum atomic E-state index is 11.0. The molecule has 0 fully saturated rings. The summed E-state index contributed by atoms with van der Waals surface area (Å²) in [6, 6.07) is 1.96. The Kier molecular flexibility index (Phi) is 2.63. The topological polar surface area (TPSA) is 96.1 Å². The number of carbonyl (C=O) groups is 1. The van der Waals surface area contributed by atoms with E-state index in [-0.39, 0.29) is 10.6 Å². The normalized spacial score (nSPS) is 9.50. The van der Waals surface area contributed by atoms with Crippen LogP contribution in [0.1, 0.15) is 15.2 Å². The van der Waals surface area contributed by atoms with Gasteiger partial charge in [-0.3, -0.25) is 4.79 Å². The van der Waals surface area contributed by atoms with Crippen molar-refractivity contribution < 1.29 is 4.79 Å². The number of nitrogens with two attached hydrogens (primary N) is 2. The van der Waals surface area contributed by atoms with Crippen molar-refractivity contribution in [3.8, 4) is 6.07 Å². The Morgan fingerprint density at radius 3 is 2.43 bits per heavy atom. The van der Waals surface area contributed by atoms with Gasteiger partial charge in [-0.15, -0.1) is 11.3 Å². The average molecular weight is 210 g/mol. The highest BCUT2D eigenvalue weighted by molar-refractivity contribution is 7.18. The van der Waals surface area contributed by atoms with E-state index >= 15 is 0 Å². The van der Waals surface area contributed by atoms with Gasteiger partial charge < -0.3 is 16.4 Å². The number of hydrogen-bond donors (Lipinski definition) is 2. The number of thiophene rings is 1.